The van der Waals surface area contributed by atoms with Gasteiger partial charge in [0, 0.05) is 23.8 Å². The lowest BCUT2D eigenvalue weighted by Crippen LogP contribution is -2.16. The lowest BCUT2D eigenvalue weighted by Gasteiger charge is -2.28. The molecule has 0 aliphatic heterocycles. The van der Waals surface area contributed by atoms with Gasteiger partial charge in [0.05, 0.1) is 0 Å². The monoisotopic (exact) mass is 332 g/mol. The van der Waals surface area contributed by atoms with Crippen LogP contribution in [0, 0.1) is 11.8 Å². The highest BCUT2D eigenvalue weighted by Gasteiger charge is 2.24. The van der Waals surface area contributed by atoms with Gasteiger partial charge in [-0.25, -0.2) is 9.97 Å². The maximum absolute atomic E-state index is 5.69. The molecule has 3 heteroatoms. The Morgan fingerprint density at radius 2 is 1.57 bits per heavy atom. The predicted molar refractivity (Wildman–Crippen MR) is 96.7 cm³/mol. The molecular weight excluding hydrogens is 304 g/mol. The lowest BCUT2D eigenvalue weighted by molar-refractivity contribution is 0.317. The summed E-state index contributed by atoms with van der Waals surface area (Å²) in [5.74, 6) is 3.89. The Hall–Kier alpha value is -0.890. The normalized spacial score (nSPS) is 32.3. The first kappa shape index (κ1) is 17.0. The van der Waals surface area contributed by atoms with Crippen LogP contribution in [0.1, 0.15) is 87.9 Å². The highest BCUT2D eigenvalue weighted by Crippen LogP contribution is 2.38. The molecule has 126 valence electrons. The van der Waals surface area contributed by atoms with Crippen molar-refractivity contribution in [1.29, 1.82) is 0 Å². The van der Waals surface area contributed by atoms with E-state index in [0.717, 1.165) is 11.7 Å². The number of rotatable bonds is 4. The van der Waals surface area contributed by atoms with Gasteiger partial charge in [0.1, 0.15) is 5.82 Å². The first-order valence-corrected chi connectivity index (χ1v) is 9.82. The molecule has 1 aromatic heterocycles. The number of hydrogen-bond donors (Lipinski definition) is 0. The van der Waals surface area contributed by atoms with Gasteiger partial charge in [-0.1, -0.05) is 31.0 Å². The Kier molecular flexibility index (Phi) is 6.10. The van der Waals surface area contributed by atoms with Crippen LogP contribution < -0.4 is 0 Å². The van der Waals surface area contributed by atoms with E-state index in [2.05, 4.69) is 25.4 Å². The average molecular weight is 333 g/mol. The fraction of sp³-hybridized carbons (Fsp3) is 0.700. The van der Waals surface area contributed by atoms with E-state index in [1.165, 1.54) is 63.4 Å². The molecule has 2 aliphatic rings. The summed E-state index contributed by atoms with van der Waals surface area (Å²) in [6.45, 7) is 2.32. The molecule has 0 spiro atoms. The molecule has 0 radical (unpaired) electrons. The largest absolute Gasteiger partial charge is 0.241 e. The topological polar surface area (TPSA) is 25.8 Å². The van der Waals surface area contributed by atoms with Crippen molar-refractivity contribution in [2.45, 2.75) is 76.5 Å². The minimum atomic E-state index is 0.542. The van der Waals surface area contributed by atoms with E-state index in [-0.39, 0.29) is 0 Å². The van der Waals surface area contributed by atoms with Crippen molar-refractivity contribution >= 4 is 11.6 Å². The molecular formula is C20H29ClN2. The zero-order chi connectivity index (χ0) is 16.1. The van der Waals surface area contributed by atoms with Gasteiger partial charge >= 0.3 is 0 Å². The van der Waals surface area contributed by atoms with E-state index >= 15 is 0 Å². The molecule has 0 saturated heterocycles. The second-order valence-electron chi connectivity index (χ2n) is 7.43. The maximum atomic E-state index is 5.69. The van der Waals surface area contributed by atoms with Gasteiger partial charge in [-0.15, -0.1) is 0 Å². The number of aromatic nitrogens is 2. The van der Waals surface area contributed by atoms with E-state index in [4.69, 9.17) is 21.6 Å². The van der Waals surface area contributed by atoms with Crippen LogP contribution in [0.3, 0.4) is 0 Å². The number of hydrogen-bond acceptors (Lipinski definition) is 2. The van der Waals surface area contributed by atoms with Crippen LogP contribution in [0.25, 0.3) is 0 Å². The highest BCUT2D eigenvalue weighted by atomic mass is 35.5. The van der Waals surface area contributed by atoms with Crippen LogP contribution in [-0.2, 0) is 0 Å². The average Bonchev–Trinajstić information content (AvgIpc) is 2.63. The van der Waals surface area contributed by atoms with Crippen molar-refractivity contribution in [2.24, 2.45) is 11.8 Å². The first-order chi connectivity index (χ1) is 11.3. The summed E-state index contributed by atoms with van der Waals surface area (Å²) < 4.78 is 0. The van der Waals surface area contributed by atoms with E-state index in [0.29, 0.717) is 17.8 Å². The number of halogens is 1. The van der Waals surface area contributed by atoms with Crippen LogP contribution in [0.2, 0.25) is 0 Å². The van der Waals surface area contributed by atoms with E-state index in [1.807, 2.05) is 0 Å². The quantitative estimate of drug-likeness (QED) is 0.657. The van der Waals surface area contributed by atoms with E-state index in [1.54, 1.807) is 5.54 Å². The highest BCUT2D eigenvalue weighted by molar-refractivity contribution is 6.25. The van der Waals surface area contributed by atoms with Crippen LogP contribution in [0.15, 0.2) is 24.0 Å². The molecule has 2 nitrogen and oxygen atoms in total. The Balaban J connectivity index is 1.55. The molecule has 2 fully saturated rings. The summed E-state index contributed by atoms with van der Waals surface area (Å²) in [5, 5.41) is 0. The lowest BCUT2D eigenvalue weighted by atomic mass is 9.78. The fourth-order valence-electron chi connectivity index (χ4n) is 4.35. The molecule has 1 heterocycles. The van der Waals surface area contributed by atoms with E-state index in [9.17, 15) is 0 Å². The molecule has 0 aromatic carbocycles. The summed E-state index contributed by atoms with van der Waals surface area (Å²) in [7, 11) is 0. The van der Waals surface area contributed by atoms with Crippen molar-refractivity contribution in [3.05, 3.63) is 35.4 Å². The molecule has 3 rings (SSSR count). The first-order valence-electron chi connectivity index (χ1n) is 9.38. The molecule has 2 aliphatic carbocycles. The van der Waals surface area contributed by atoms with Gasteiger partial charge in [0.25, 0.3) is 0 Å². The summed E-state index contributed by atoms with van der Waals surface area (Å²) in [6.07, 6.45) is 17.9. The van der Waals surface area contributed by atoms with Gasteiger partial charge in [0.2, 0.25) is 0 Å². The Morgan fingerprint density at radius 3 is 2.13 bits per heavy atom. The van der Waals surface area contributed by atoms with Crippen LogP contribution in [0.4, 0.5) is 0 Å². The maximum Gasteiger partial charge on any atom is 0.131 e. The van der Waals surface area contributed by atoms with Crippen molar-refractivity contribution in [3.8, 4) is 0 Å². The zero-order valence-corrected chi connectivity index (χ0v) is 15.0. The SMILES string of the molecule is CCC1CCC(c2cnc(C3CCC(/C=C/Cl)CC3)nc2)CC1. The summed E-state index contributed by atoms with van der Waals surface area (Å²) in [4.78, 5) is 9.47. The molecule has 0 bridgehead atoms. The Bertz CT molecular complexity index is 495. The van der Waals surface area contributed by atoms with Crippen molar-refractivity contribution in [2.75, 3.05) is 0 Å². The second-order valence-corrected chi connectivity index (χ2v) is 7.68. The van der Waals surface area contributed by atoms with Gasteiger partial charge in [-0.3, -0.25) is 0 Å². The number of allylic oxidation sites excluding steroid dienone is 1. The third-order valence-electron chi connectivity index (χ3n) is 6.07. The third kappa shape index (κ3) is 4.35. The third-order valence-corrected chi connectivity index (χ3v) is 6.21. The van der Waals surface area contributed by atoms with Crippen LogP contribution >= 0.6 is 11.6 Å². The van der Waals surface area contributed by atoms with Crippen molar-refractivity contribution < 1.29 is 0 Å². The van der Waals surface area contributed by atoms with Gasteiger partial charge in [-0.2, -0.15) is 0 Å². The summed E-state index contributed by atoms with van der Waals surface area (Å²) in [6, 6.07) is 0. The van der Waals surface area contributed by atoms with Crippen molar-refractivity contribution in [3.63, 3.8) is 0 Å². The predicted octanol–water partition coefficient (Wildman–Crippen LogP) is 6.19. The standard InChI is InChI=1S/C20H29ClN2/c1-2-15-3-7-17(8-4-15)19-13-22-20(23-14-19)18-9-5-16(6-10-18)11-12-21/h11-18H,2-10H2,1H3/b12-11+. The second kappa shape index (κ2) is 8.28. The summed E-state index contributed by atoms with van der Waals surface area (Å²) in [5.41, 5.74) is 3.03. The molecule has 23 heavy (non-hydrogen) atoms. The van der Waals surface area contributed by atoms with Crippen LogP contribution in [-0.4, -0.2) is 9.97 Å². The smallest absolute Gasteiger partial charge is 0.131 e. The molecule has 0 unspecified atom stereocenters. The summed E-state index contributed by atoms with van der Waals surface area (Å²) >= 11 is 5.69. The van der Waals surface area contributed by atoms with Crippen molar-refractivity contribution in [1.82, 2.24) is 9.97 Å². The van der Waals surface area contributed by atoms with Gasteiger partial charge in [-0.05, 0) is 74.7 Å². The zero-order valence-electron chi connectivity index (χ0n) is 14.3. The molecule has 0 amide bonds. The molecule has 1 aromatic rings. The Morgan fingerprint density at radius 1 is 0.957 bits per heavy atom. The molecule has 0 atom stereocenters. The van der Waals surface area contributed by atoms with Crippen LogP contribution in [0.5, 0.6) is 0 Å². The number of nitrogens with zero attached hydrogens (tertiary/aromatic N) is 2. The fourth-order valence-corrected chi connectivity index (χ4v) is 4.55. The van der Waals surface area contributed by atoms with Gasteiger partial charge in [0.15, 0.2) is 0 Å². The minimum Gasteiger partial charge on any atom is -0.241 e. The van der Waals surface area contributed by atoms with E-state index < -0.39 is 0 Å². The van der Waals surface area contributed by atoms with Gasteiger partial charge < -0.3 is 0 Å². The molecule has 2 saturated carbocycles. The Labute approximate surface area is 145 Å². The molecule has 0 N–H and O–H groups in total. The minimum absolute atomic E-state index is 0.542.